The van der Waals surface area contributed by atoms with Gasteiger partial charge in [-0.05, 0) is 0 Å². The summed E-state index contributed by atoms with van der Waals surface area (Å²) < 4.78 is 11.8. The van der Waals surface area contributed by atoms with Crippen molar-refractivity contribution in [2.45, 2.75) is 6.54 Å². The Bertz CT molecular complexity index is 481. The predicted octanol–water partition coefficient (Wildman–Crippen LogP) is -0.400. The average molecular weight is 209 g/mol. The van der Waals surface area contributed by atoms with E-state index in [9.17, 15) is 0 Å². The van der Waals surface area contributed by atoms with E-state index in [0.29, 0.717) is 23.2 Å². The van der Waals surface area contributed by atoms with E-state index in [1.165, 1.54) is 14.2 Å². The summed E-state index contributed by atoms with van der Waals surface area (Å²) in [5.41, 5.74) is 6.04. The molecule has 2 N–H and O–H groups in total. The molecule has 0 aliphatic rings. The molecule has 0 unspecified atom stereocenters. The van der Waals surface area contributed by atoms with E-state index in [4.69, 9.17) is 15.2 Å². The van der Waals surface area contributed by atoms with Crippen LogP contribution in [0.2, 0.25) is 0 Å². The molecule has 15 heavy (non-hydrogen) atoms. The summed E-state index contributed by atoms with van der Waals surface area (Å²) in [4.78, 5) is 4.08. The maximum absolute atomic E-state index is 5.52. The van der Waals surface area contributed by atoms with Crippen LogP contribution in [-0.2, 0) is 6.54 Å². The normalized spacial score (nSPS) is 10.6. The molecule has 0 saturated carbocycles. The second-order valence-electron chi connectivity index (χ2n) is 2.81. The van der Waals surface area contributed by atoms with Crippen molar-refractivity contribution in [3.05, 3.63) is 12.0 Å². The number of nitrogens with zero attached hydrogens (tertiary/aromatic N) is 4. The van der Waals surface area contributed by atoms with Gasteiger partial charge in [-0.2, -0.15) is 4.98 Å². The van der Waals surface area contributed by atoms with Crippen molar-refractivity contribution in [2.75, 3.05) is 14.2 Å². The van der Waals surface area contributed by atoms with Crippen molar-refractivity contribution in [1.29, 1.82) is 0 Å². The van der Waals surface area contributed by atoms with Gasteiger partial charge in [-0.25, -0.2) is 0 Å². The minimum absolute atomic E-state index is 0.289. The second-order valence-corrected chi connectivity index (χ2v) is 2.81. The second kappa shape index (κ2) is 3.70. The summed E-state index contributed by atoms with van der Waals surface area (Å²) >= 11 is 0. The molecule has 7 nitrogen and oxygen atoms in total. The lowest BCUT2D eigenvalue weighted by Gasteiger charge is -2.04. The molecule has 2 aromatic rings. The third-order valence-electron chi connectivity index (χ3n) is 1.99. The van der Waals surface area contributed by atoms with Crippen LogP contribution in [0.15, 0.2) is 6.20 Å². The number of fused-ring (bicyclic) bond motifs is 1. The maximum atomic E-state index is 5.52. The number of ether oxygens (including phenoxy) is 2. The first-order chi connectivity index (χ1) is 7.30. The Kier molecular flexibility index (Phi) is 2.38. The minimum atomic E-state index is 0.289. The van der Waals surface area contributed by atoms with E-state index < -0.39 is 0 Å². The Morgan fingerprint density at radius 2 is 2.13 bits per heavy atom. The summed E-state index contributed by atoms with van der Waals surface area (Å²) in [6.45, 7) is 0.289. The van der Waals surface area contributed by atoms with Gasteiger partial charge < -0.3 is 15.2 Å². The van der Waals surface area contributed by atoms with Crippen molar-refractivity contribution in [3.63, 3.8) is 0 Å². The van der Waals surface area contributed by atoms with Gasteiger partial charge in [-0.3, -0.25) is 4.40 Å². The number of hydrogen-bond donors (Lipinski definition) is 1. The van der Waals surface area contributed by atoms with Crippen molar-refractivity contribution in [2.24, 2.45) is 5.73 Å². The number of aromatic nitrogens is 4. The van der Waals surface area contributed by atoms with Crippen LogP contribution < -0.4 is 15.2 Å². The molecule has 0 aromatic carbocycles. The summed E-state index contributed by atoms with van der Waals surface area (Å²) in [7, 11) is 3.04. The van der Waals surface area contributed by atoms with Crippen LogP contribution in [0.5, 0.6) is 11.8 Å². The smallest absolute Gasteiger partial charge is 0.263 e. The molecule has 0 aliphatic carbocycles. The number of hydrogen-bond acceptors (Lipinski definition) is 6. The zero-order valence-electron chi connectivity index (χ0n) is 8.47. The molecule has 0 aliphatic heterocycles. The third kappa shape index (κ3) is 1.46. The highest BCUT2D eigenvalue weighted by Gasteiger charge is 2.12. The van der Waals surface area contributed by atoms with Crippen LogP contribution in [0, 0.1) is 0 Å². The standard InChI is InChI=1S/C8H11N5O2/c1-14-6-4-13-5(3-9)11-12-7(13)8(10-6)15-2/h4H,3,9H2,1-2H3. The molecule has 0 spiro atoms. The SMILES string of the molecule is COc1cn2c(CN)nnc2c(OC)n1. The first-order valence-electron chi connectivity index (χ1n) is 4.33. The van der Waals surface area contributed by atoms with Gasteiger partial charge in [0.05, 0.1) is 27.0 Å². The van der Waals surface area contributed by atoms with Crippen LogP contribution in [-0.4, -0.2) is 33.8 Å². The highest BCUT2D eigenvalue weighted by Crippen LogP contribution is 2.19. The first kappa shape index (κ1) is 9.66. The predicted molar refractivity (Wildman–Crippen MR) is 51.8 cm³/mol. The molecule has 2 aromatic heterocycles. The van der Waals surface area contributed by atoms with E-state index in [-0.39, 0.29) is 6.54 Å². The monoisotopic (exact) mass is 209 g/mol. The molecule has 0 radical (unpaired) electrons. The van der Waals surface area contributed by atoms with E-state index in [2.05, 4.69) is 15.2 Å². The van der Waals surface area contributed by atoms with Crippen molar-refractivity contribution >= 4 is 5.65 Å². The fraction of sp³-hybridized carbons (Fsp3) is 0.375. The maximum Gasteiger partial charge on any atom is 0.263 e. The van der Waals surface area contributed by atoms with Crippen LogP contribution >= 0.6 is 0 Å². The van der Waals surface area contributed by atoms with Crippen molar-refractivity contribution in [3.8, 4) is 11.8 Å². The highest BCUT2D eigenvalue weighted by molar-refractivity contribution is 5.50. The minimum Gasteiger partial charge on any atom is -0.480 e. The molecule has 0 bridgehead atoms. The molecular weight excluding hydrogens is 198 g/mol. The van der Waals surface area contributed by atoms with E-state index in [1.54, 1.807) is 10.6 Å². The van der Waals surface area contributed by atoms with Crippen LogP contribution in [0.3, 0.4) is 0 Å². The van der Waals surface area contributed by atoms with E-state index >= 15 is 0 Å². The Balaban J connectivity index is 2.71. The Labute approximate surface area is 85.8 Å². The lowest BCUT2D eigenvalue weighted by atomic mass is 10.5. The molecule has 80 valence electrons. The summed E-state index contributed by atoms with van der Waals surface area (Å²) in [5.74, 6) is 1.42. The fourth-order valence-electron chi connectivity index (χ4n) is 1.27. The van der Waals surface area contributed by atoms with Crippen molar-refractivity contribution < 1.29 is 9.47 Å². The van der Waals surface area contributed by atoms with Gasteiger partial charge in [0.1, 0.15) is 0 Å². The van der Waals surface area contributed by atoms with Gasteiger partial charge in [0.15, 0.2) is 5.82 Å². The zero-order chi connectivity index (χ0) is 10.8. The Hall–Kier alpha value is -1.89. The summed E-state index contributed by atoms with van der Waals surface area (Å²) in [6, 6.07) is 0. The highest BCUT2D eigenvalue weighted by atomic mass is 16.5. The topological polar surface area (TPSA) is 87.6 Å². The lowest BCUT2D eigenvalue weighted by Crippen LogP contribution is -2.04. The van der Waals surface area contributed by atoms with E-state index in [1.807, 2.05) is 0 Å². The van der Waals surface area contributed by atoms with E-state index in [0.717, 1.165) is 0 Å². The first-order valence-corrected chi connectivity index (χ1v) is 4.33. The van der Waals surface area contributed by atoms with Gasteiger partial charge in [0.25, 0.3) is 5.88 Å². The summed E-state index contributed by atoms with van der Waals surface area (Å²) in [6.07, 6.45) is 1.67. The molecule has 0 fully saturated rings. The molecule has 7 heteroatoms. The van der Waals surface area contributed by atoms with Crippen molar-refractivity contribution in [1.82, 2.24) is 19.6 Å². The third-order valence-corrected chi connectivity index (χ3v) is 1.99. The van der Waals surface area contributed by atoms with Gasteiger partial charge in [0.2, 0.25) is 11.5 Å². The largest absolute Gasteiger partial charge is 0.480 e. The molecule has 0 atom stereocenters. The van der Waals surface area contributed by atoms with Crippen LogP contribution in [0.1, 0.15) is 5.82 Å². The van der Waals surface area contributed by atoms with Gasteiger partial charge in [-0.1, -0.05) is 0 Å². The quantitative estimate of drug-likeness (QED) is 0.740. The number of rotatable bonds is 3. The van der Waals surface area contributed by atoms with Gasteiger partial charge in [0, 0.05) is 0 Å². The van der Waals surface area contributed by atoms with Gasteiger partial charge >= 0.3 is 0 Å². The lowest BCUT2D eigenvalue weighted by molar-refractivity contribution is 0.363. The zero-order valence-corrected chi connectivity index (χ0v) is 8.47. The van der Waals surface area contributed by atoms with Crippen LogP contribution in [0.25, 0.3) is 5.65 Å². The molecule has 0 saturated heterocycles. The Morgan fingerprint density at radius 1 is 1.33 bits per heavy atom. The number of methoxy groups -OCH3 is 2. The number of nitrogens with two attached hydrogens (primary N) is 1. The van der Waals surface area contributed by atoms with Crippen LogP contribution in [0.4, 0.5) is 0 Å². The molecule has 2 rings (SSSR count). The Morgan fingerprint density at radius 3 is 2.73 bits per heavy atom. The molecule has 0 amide bonds. The molecular formula is C8H11N5O2. The molecule has 2 heterocycles. The summed E-state index contributed by atoms with van der Waals surface area (Å²) in [5, 5.41) is 7.84. The van der Waals surface area contributed by atoms with Gasteiger partial charge in [-0.15, -0.1) is 10.2 Å². The average Bonchev–Trinajstić information content (AvgIpc) is 2.70. The fourth-order valence-corrected chi connectivity index (χ4v) is 1.27.